The summed E-state index contributed by atoms with van der Waals surface area (Å²) in [5.74, 6) is 0.714. The summed E-state index contributed by atoms with van der Waals surface area (Å²) in [5, 5.41) is 12.4. The average molecular weight is 244 g/mol. The number of rotatable bonds is 6. The Balaban J connectivity index is 2.63. The zero-order chi connectivity index (χ0) is 12.0. The van der Waals surface area contributed by atoms with Crippen LogP contribution in [0.4, 0.5) is 0 Å². The quantitative estimate of drug-likeness (QED) is 0.749. The van der Waals surface area contributed by atoms with E-state index in [0.717, 1.165) is 13.0 Å². The molecule has 0 aromatic heterocycles. The minimum absolute atomic E-state index is 0.169. The van der Waals surface area contributed by atoms with Crippen LogP contribution in [0, 0.1) is 6.92 Å². The van der Waals surface area contributed by atoms with Gasteiger partial charge in [0.1, 0.15) is 5.75 Å². The molecule has 1 rings (SSSR count). The van der Waals surface area contributed by atoms with Crippen LogP contribution in [0.15, 0.2) is 12.1 Å². The monoisotopic (exact) mass is 243 g/mol. The molecule has 0 aliphatic rings. The molecule has 0 aliphatic carbocycles. The van der Waals surface area contributed by atoms with Crippen LogP contribution in [-0.4, -0.2) is 31.9 Å². The molecule has 2 N–H and O–H groups in total. The van der Waals surface area contributed by atoms with Crippen molar-refractivity contribution in [2.75, 3.05) is 26.8 Å². The molecule has 0 spiro atoms. The van der Waals surface area contributed by atoms with Crippen LogP contribution in [0.3, 0.4) is 0 Å². The predicted molar refractivity (Wildman–Crippen MR) is 66.4 cm³/mol. The third-order valence-corrected chi connectivity index (χ3v) is 2.77. The van der Waals surface area contributed by atoms with Crippen LogP contribution in [0.25, 0.3) is 0 Å². The van der Waals surface area contributed by atoms with E-state index in [1.165, 1.54) is 11.1 Å². The average Bonchev–Trinajstić information content (AvgIpc) is 2.28. The highest BCUT2D eigenvalue weighted by molar-refractivity contribution is 6.32. The van der Waals surface area contributed by atoms with Crippen molar-refractivity contribution in [3.8, 4) is 5.75 Å². The first-order valence-corrected chi connectivity index (χ1v) is 5.71. The van der Waals surface area contributed by atoms with E-state index in [4.69, 9.17) is 21.4 Å². The Bertz CT molecular complexity index is 342. The van der Waals surface area contributed by atoms with Gasteiger partial charge in [-0.05, 0) is 43.1 Å². The van der Waals surface area contributed by atoms with Gasteiger partial charge in [-0.1, -0.05) is 11.6 Å². The Hall–Kier alpha value is -0.770. The van der Waals surface area contributed by atoms with Gasteiger partial charge in [0.15, 0.2) is 0 Å². The van der Waals surface area contributed by atoms with Gasteiger partial charge in [0.05, 0.1) is 18.7 Å². The molecule has 1 aromatic carbocycles. The van der Waals surface area contributed by atoms with E-state index in [2.05, 4.69) is 5.32 Å². The number of hydrogen-bond donors (Lipinski definition) is 2. The molecule has 0 radical (unpaired) electrons. The van der Waals surface area contributed by atoms with Gasteiger partial charge in [0, 0.05) is 6.54 Å². The summed E-state index contributed by atoms with van der Waals surface area (Å²) in [5.41, 5.74) is 2.38. The number of ether oxygens (including phenoxy) is 1. The van der Waals surface area contributed by atoms with E-state index in [1.807, 2.05) is 19.1 Å². The molecule has 0 atom stereocenters. The van der Waals surface area contributed by atoms with Crippen LogP contribution in [0.2, 0.25) is 5.02 Å². The molecule has 0 saturated heterocycles. The minimum atomic E-state index is 0.169. The van der Waals surface area contributed by atoms with Gasteiger partial charge in [0.25, 0.3) is 0 Å². The van der Waals surface area contributed by atoms with Crippen LogP contribution in [0.1, 0.15) is 11.1 Å². The first kappa shape index (κ1) is 13.3. The summed E-state index contributed by atoms with van der Waals surface area (Å²) in [6.07, 6.45) is 0.898. The Morgan fingerprint density at radius 2 is 2.12 bits per heavy atom. The van der Waals surface area contributed by atoms with E-state index in [-0.39, 0.29) is 6.61 Å². The first-order chi connectivity index (χ1) is 7.69. The number of hydrogen-bond acceptors (Lipinski definition) is 3. The van der Waals surface area contributed by atoms with Crippen molar-refractivity contribution in [1.82, 2.24) is 5.32 Å². The van der Waals surface area contributed by atoms with Gasteiger partial charge < -0.3 is 15.2 Å². The molecule has 1 aromatic rings. The SMILES string of the molecule is COc1cc(C)c(CCNCCO)cc1Cl. The van der Waals surface area contributed by atoms with E-state index < -0.39 is 0 Å². The second-order valence-electron chi connectivity index (χ2n) is 3.64. The summed E-state index contributed by atoms with van der Waals surface area (Å²) in [4.78, 5) is 0. The van der Waals surface area contributed by atoms with Gasteiger partial charge in [-0.25, -0.2) is 0 Å². The number of nitrogens with one attached hydrogen (secondary N) is 1. The van der Waals surface area contributed by atoms with Crippen molar-refractivity contribution in [2.45, 2.75) is 13.3 Å². The fourth-order valence-electron chi connectivity index (χ4n) is 1.55. The molecule has 16 heavy (non-hydrogen) atoms. The van der Waals surface area contributed by atoms with Crippen LogP contribution in [0.5, 0.6) is 5.75 Å². The van der Waals surface area contributed by atoms with E-state index in [0.29, 0.717) is 17.3 Å². The van der Waals surface area contributed by atoms with Crippen LogP contribution >= 0.6 is 11.6 Å². The van der Waals surface area contributed by atoms with Gasteiger partial charge in [-0.3, -0.25) is 0 Å². The van der Waals surface area contributed by atoms with Crippen LogP contribution in [-0.2, 0) is 6.42 Å². The van der Waals surface area contributed by atoms with Crippen molar-refractivity contribution >= 4 is 11.6 Å². The van der Waals surface area contributed by atoms with Gasteiger partial charge in [-0.15, -0.1) is 0 Å². The summed E-state index contributed by atoms with van der Waals surface area (Å²) in [6.45, 7) is 3.68. The Labute approximate surface area is 101 Å². The lowest BCUT2D eigenvalue weighted by Gasteiger charge is -2.10. The Morgan fingerprint density at radius 3 is 2.75 bits per heavy atom. The topological polar surface area (TPSA) is 41.5 Å². The summed E-state index contributed by atoms with van der Waals surface area (Å²) in [7, 11) is 1.61. The number of halogens is 1. The van der Waals surface area contributed by atoms with Gasteiger partial charge in [-0.2, -0.15) is 0 Å². The number of aliphatic hydroxyl groups is 1. The van der Waals surface area contributed by atoms with Crippen molar-refractivity contribution in [3.05, 3.63) is 28.3 Å². The number of methoxy groups -OCH3 is 1. The Kier molecular flexibility index (Phi) is 5.60. The van der Waals surface area contributed by atoms with Crippen LogP contribution < -0.4 is 10.1 Å². The largest absolute Gasteiger partial charge is 0.495 e. The lowest BCUT2D eigenvalue weighted by molar-refractivity contribution is 0.293. The fourth-order valence-corrected chi connectivity index (χ4v) is 1.81. The molecular weight excluding hydrogens is 226 g/mol. The zero-order valence-electron chi connectivity index (χ0n) is 9.72. The molecule has 0 amide bonds. The van der Waals surface area contributed by atoms with E-state index in [1.54, 1.807) is 7.11 Å². The fraction of sp³-hybridized carbons (Fsp3) is 0.500. The number of benzene rings is 1. The molecule has 0 unspecified atom stereocenters. The maximum absolute atomic E-state index is 8.63. The minimum Gasteiger partial charge on any atom is -0.495 e. The van der Waals surface area contributed by atoms with Gasteiger partial charge >= 0.3 is 0 Å². The molecule has 0 aliphatic heterocycles. The standard InChI is InChI=1S/C12H18ClNO2/c1-9-7-12(16-2)11(13)8-10(9)3-4-14-5-6-15/h7-8,14-15H,3-6H2,1-2H3. The Morgan fingerprint density at radius 1 is 1.38 bits per heavy atom. The van der Waals surface area contributed by atoms with Gasteiger partial charge in [0.2, 0.25) is 0 Å². The molecule has 0 saturated carbocycles. The third kappa shape index (κ3) is 3.67. The lowest BCUT2D eigenvalue weighted by atomic mass is 10.1. The predicted octanol–water partition coefficient (Wildman–Crippen LogP) is 1.78. The molecule has 0 fully saturated rings. The van der Waals surface area contributed by atoms with Crippen molar-refractivity contribution in [2.24, 2.45) is 0 Å². The summed E-state index contributed by atoms with van der Waals surface area (Å²) >= 11 is 6.06. The number of aliphatic hydroxyl groups excluding tert-OH is 1. The maximum atomic E-state index is 8.63. The lowest BCUT2D eigenvalue weighted by Crippen LogP contribution is -2.21. The molecule has 3 nitrogen and oxygen atoms in total. The molecule has 0 bridgehead atoms. The maximum Gasteiger partial charge on any atom is 0.137 e. The second-order valence-corrected chi connectivity index (χ2v) is 4.04. The highest BCUT2D eigenvalue weighted by Gasteiger charge is 2.05. The third-order valence-electron chi connectivity index (χ3n) is 2.47. The number of aryl methyl sites for hydroxylation is 1. The summed E-state index contributed by atoms with van der Waals surface area (Å²) in [6, 6.07) is 3.89. The highest BCUT2D eigenvalue weighted by Crippen LogP contribution is 2.27. The smallest absolute Gasteiger partial charge is 0.137 e. The normalized spacial score (nSPS) is 10.5. The molecule has 4 heteroatoms. The molecular formula is C12H18ClNO2. The molecule has 90 valence electrons. The van der Waals surface area contributed by atoms with Crippen molar-refractivity contribution in [3.63, 3.8) is 0 Å². The zero-order valence-corrected chi connectivity index (χ0v) is 10.5. The van der Waals surface area contributed by atoms with E-state index in [9.17, 15) is 0 Å². The second kappa shape index (κ2) is 6.74. The van der Waals surface area contributed by atoms with E-state index >= 15 is 0 Å². The highest BCUT2D eigenvalue weighted by atomic mass is 35.5. The summed E-state index contributed by atoms with van der Waals surface area (Å²) < 4.78 is 5.14. The van der Waals surface area contributed by atoms with Crippen molar-refractivity contribution in [1.29, 1.82) is 0 Å². The van der Waals surface area contributed by atoms with Crippen molar-refractivity contribution < 1.29 is 9.84 Å². The first-order valence-electron chi connectivity index (χ1n) is 5.33. The molecule has 0 heterocycles.